The quantitative estimate of drug-likeness (QED) is 0.915. The number of nitrogens with one attached hydrogen (secondary N) is 1. The standard InChI is InChI=1S/C14H17F3N6O/c15-14(16,17)13(6-3-7-18-13)12-20-22-23(21-12)8-11-19-9-4-1-2-5-10(9)24-11/h18H,1-8H2. The van der Waals surface area contributed by atoms with Gasteiger partial charge >= 0.3 is 6.18 Å². The van der Waals surface area contributed by atoms with Gasteiger partial charge in [0.1, 0.15) is 12.3 Å². The lowest BCUT2D eigenvalue weighted by atomic mass is 9.96. The van der Waals surface area contributed by atoms with Gasteiger partial charge in [-0.05, 0) is 43.9 Å². The first kappa shape index (κ1) is 15.6. The normalized spacial score (nSPS) is 24.3. The van der Waals surface area contributed by atoms with E-state index in [1.165, 1.54) is 0 Å². The fraction of sp³-hybridized carbons (Fsp3) is 0.714. The molecule has 0 spiro atoms. The number of halogens is 3. The number of fused-ring (bicyclic) bond motifs is 1. The molecule has 1 saturated heterocycles. The topological polar surface area (TPSA) is 81.7 Å². The third-order valence-corrected chi connectivity index (χ3v) is 4.64. The van der Waals surface area contributed by atoms with Crippen LogP contribution in [0, 0.1) is 0 Å². The zero-order chi connectivity index (χ0) is 16.8. The first-order valence-corrected chi connectivity index (χ1v) is 8.05. The molecule has 0 radical (unpaired) electrons. The van der Waals surface area contributed by atoms with Crippen LogP contribution >= 0.6 is 0 Å². The van der Waals surface area contributed by atoms with Gasteiger partial charge in [0.05, 0.1) is 5.69 Å². The molecule has 1 unspecified atom stereocenters. The van der Waals surface area contributed by atoms with Gasteiger partial charge in [-0.25, -0.2) is 4.98 Å². The Balaban J connectivity index is 1.57. The van der Waals surface area contributed by atoms with E-state index in [0.717, 1.165) is 41.9 Å². The highest BCUT2D eigenvalue weighted by atomic mass is 19.4. The molecule has 10 heteroatoms. The third-order valence-electron chi connectivity index (χ3n) is 4.64. The first-order valence-electron chi connectivity index (χ1n) is 8.05. The van der Waals surface area contributed by atoms with Crippen LogP contribution in [0.25, 0.3) is 0 Å². The van der Waals surface area contributed by atoms with Gasteiger partial charge in [-0.15, -0.1) is 10.2 Å². The van der Waals surface area contributed by atoms with Crippen molar-refractivity contribution in [2.75, 3.05) is 6.54 Å². The Labute approximate surface area is 135 Å². The van der Waals surface area contributed by atoms with Crippen LogP contribution in [0.5, 0.6) is 0 Å². The Morgan fingerprint density at radius 3 is 2.75 bits per heavy atom. The molecule has 1 aliphatic heterocycles. The Morgan fingerprint density at radius 2 is 2.04 bits per heavy atom. The minimum absolute atomic E-state index is 0.0773. The molecule has 0 bridgehead atoms. The van der Waals surface area contributed by atoms with Gasteiger partial charge in [-0.1, -0.05) is 0 Å². The van der Waals surface area contributed by atoms with Gasteiger partial charge in [0.15, 0.2) is 5.54 Å². The van der Waals surface area contributed by atoms with E-state index in [-0.39, 0.29) is 25.3 Å². The summed E-state index contributed by atoms with van der Waals surface area (Å²) in [6.45, 7) is 0.356. The largest absolute Gasteiger partial charge is 0.443 e. The van der Waals surface area contributed by atoms with Crippen LogP contribution in [0.1, 0.15) is 48.9 Å². The maximum absolute atomic E-state index is 13.5. The Morgan fingerprint density at radius 1 is 1.21 bits per heavy atom. The van der Waals surface area contributed by atoms with Crippen molar-refractivity contribution in [3.8, 4) is 0 Å². The van der Waals surface area contributed by atoms with E-state index in [2.05, 4.69) is 25.7 Å². The van der Waals surface area contributed by atoms with Gasteiger partial charge in [-0.2, -0.15) is 18.0 Å². The molecule has 1 N–H and O–H groups in total. The number of alkyl halides is 3. The molecule has 3 heterocycles. The molecular formula is C14H17F3N6O. The number of aromatic nitrogens is 5. The van der Waals surface area contributed by atoms with Crippen LogP contribution in [0.15, 0.2) is 4.42 Å². The van der Waals surface area contributed by atoms with E-state index < -0.39 is 11.7 Å². The van der Waals surface area contributed by atoms with Crippen LogP contribution < -0.4 is 5.32 Å². The number of rotatable bonds is 3. The molecule has 0 aromatic carbocycles. The second-order valence-corrected chi connectivity index (χ2v) is 6.26. The number of tetrazole rings is 1. The van der Waals surface area contributed by atoms with Gasteiger partial charge in [0, 0.05) is 6.42 Å². The van der Waals surface area contributed by atoms with Crippen molar-refractivity contribution in [1.29, 1.82) is 0 Å². The molecule has 1 aliphatic carbocycles. The lowest BCUT2D eigenvalue weighted by Crippen LogP contribution is -2.50. The maximum atomic E-state index is 13.5. The van der Waals surface area contributed by atoms with E-state index in [1.807, 2.05) is 0 Å². The summed E-state index contributed by atoms with van der Waals surface area (Å²) in [7, 11) is 0. The molecule has 7 nitrogen and oxygen atoms in total. The summed E-state index contributed by atoms with van der Waals surface area (Å²) in [5.74, 6) is 0.927. The summed E-state index contributed by atoms with van der Waals surface area (Å²) in [5.41, 5.74) is -1.28. The van der Waals surface area contributed by atoms with Crippen molar-refractivity contribution in [3.63, 3.8) is 0 Å². The van der Waals surface area contributed by atoms with Crippen molar-refractivity contribution in [1.82, 2.24) is 30.5 Å². The first-order chi connectivity index (χ1) is 11.5. The molecular weight excluding hydrogens is 325 g/mol. The highest BCUT2D eigenvalue weighted by Crippen LogP contribution is 2.43. The maximum Gasteiger partial charge on any atom is 0.414 e. The fourth-order valence-electron chi connectivity index (χ4n) is 3.38. The molecule has 0 amide bonds. The Bertz CT molecular complexity index is 708. The molecule has 1 fully saturated rings. The fourth-order valence-corrected chi connectivity index (χ4v) is 3.38. The van der Waals surface area contributed by atoms with Gasteiger partial charge in [-0.3, -0.25) is 5.32 Å². The van der Waals surface area contributed by atoms with Gasteiger partial charge in [0.2, 0.25) is 11.7 Å². The third kappa shape index (κ3) is 2.48. The average Bonchev–Trinajstić information content (AvgIpc) is 3.25. The summed E-state index contributed by atoms with van der Waals surface area (Å²) in [4.78, 5) is 5.50. The van der Waals surface area contributed by atoms with E-state index in [1.54, 1.807) is 0 Å². The van der Waals surface area contributed by atoms with Crippen LogP contribution in [0.3, 0.4) is 0 Å². The highest BCUT2D eigenvalue weighted by molar-refractivity contribution is 5.14. The van der Waals surface area contributed by atoms with Crippen LogP contribution in [0.4, 0.5) is 13.2 Å². The minimum Gasteiger partial charge on any atom is -0.443 e. The van der Waals surface area contributed by atoms with Crippen LogP contribution in [0.2, 0.25) is 0 Å². The lowest BCUT2D eigenvalue weighted by molar-refractivity contribution is -0.198. The average molecular weight is 342 g/mol. The van der Waals surface area contributed by atoms with Crippen molar-refractivity contribution in [2.45, 2.75) is 56.8 Å². The lowest BCUT2D eigenvalue weighted by Gasteiger charge is -2.28. The molecule has 130 valence electrons. The molecule has 0 saturated carbocycles. The zero-order valence-corrected chi connectivity index (χ0v) is 12.9. The second-order valence-electron chi connectivity index (χ2n) is 6.26. The van der Waals surface area contributed by atoms with Crippen molar-refractivity contribution >= 4 is 0 Å². The van der Waals surface area contributed by atoms with Crippen molar-refractivity contribution in [3.05, 3.63) is 23.2 Å². The second kappa shape index (κ2) is 5.54. The molecule has 2 aromatic rings. The van der Waals surface area contributed by atoms with Gasteiger partial charge in [0.25, 0.3) is 0 Å². The van der Waals surface area contributed by atoms with E-state index in [0.29, 0.717) is 12.3 Å². The molecule has 1 atom stereocenters. The number of nitrogens with zero attached hydrogens (tertiary/aromatic N) is 5. The number of oxazole rings is 1. The summed E-state index contributed by atoms with van der Waals surface area (Å²) in [5, 5.41) is 13.8. The van der Waals surface area contributed by atoms with Crippen LogP contribution in [-0.2, 0) is 24.9 Å². The predicted octanol–water partition coefficient (Wildman–Crippen LogP) is 1.73. The predicted molar refractivity (Wildman–Crippen MR) is 75.0 cm³/mol. The summed E-state index contributed by atoms with van der Waals surface area (Å²) in [6.07, 6.45) is -0.289. The zero-order valence-electron chi connectivity index (χ0n) is 12.9. The number of hydrogen-bond donors (Lipinski definition) is 1. The van der Waals surface area contributed by atoms with Crippen LogP contribution in [-0.4, -0.2) is 37.9 Å². The van der Waals surface area contributed by atoms with E-state index in [4.69, 9.17) is 4.42 Å². The van der Waals surface area contributed by atoms with Gasteiger partial charge < -0.3 is 4.42 Å². The minimum atomic E-state index is -4.47. The molecule has 2 aromatic heterocycles. The Hall–Kier alpha value is -1.97. The van der Waals surface area contributed by atoms with Crippen molar-refractivity contribution < 1.29 is 17.6 Å². The highest BCUT2D eigenvalue weighted by Gasteiger charge is 2.60. The monoisotopic (exact) mass is 342 g/mol. The number of hydrogen-bond acceptors (Lipinski definition) is 6. The molecule has 2 aliphatic rings. The summed E-state index contributed by atoms with van der Waals surface area (Å²) < 4.78 is 46.1. The van der Waals surface area contributed by atoms with E-state index in [9.17, 15) is 13.2 Å². The molecule has 4 rings (SSSR count). The number of aryl methyl sites for hydroxylation is 2. The smallest absolute Gasteiger partial charge is 0.414 e. The van der Waals surface area contributed by atoms with Crippen molar-refractivity contribution in [2.24, 2.45) is 0 Å². The Kier molecular flexibility index (Phi) is 3.59. The SMILES string of the molecule is FC(F)(F)C1(c2nnn(Cc3nc4c(o3)CCCC4)n2)CCCN1. The summed E-state index contributed by atoms with van der Waals surface area (Å²) in [6, 6.07) is 0. The summed E-state index contributed by atoms with van der Waals surface area (Å²) >= 11 is 0. The van der Waals surface area contributed by atoms with E-state index >= 15 is 0 Å². The molecule has 24 heavy (non-hydrogen) atoms.